The van der Waals surface area contributed by atoms with E-state index < -0.39 is 0 Å². The summed E-state index contributed by atoms with van der Waals surface area (Å²) in [6, 6.07) is 9.31. The summed E-state index contributed by atoms with van der Waals surface area (Å²) < 4.78 is 0. The van der Waals surface area contributed by atoms with E-state index in [1.807, 2.05) is 12.4 Å². The lowest BCUT2D eigenvalue weighted by atomic mass is 10.0. The van der Waals surface area contributed by atoms with Crippen molar-refractivity contribution in [3.8, 4) is 0 Å². The average Bonchev–Trinajstić information content (AvgIpc) is 2.47. The predicted octanol–water partition coefficient (Wildman–Crippen LogP) is 3.05. The Morgan fingerprint density at radius 1 is 1.33 bits per heavy atom. The SMILES string of the molecule is CC(C)CC1CN(Cc2cccc3cnccc23)CCN1. The van der Waals surface area contributed by atoms with Gasteiger partial charge in [0.1, 0.15) is 0 Å². The fourth-order valence-electron chi connectivity index (χ4n) is 3.33. The van der Waals surface area contributed by atoms with Crippen LogP contribution in [0.3, 0.4) is 0 Å². The van der Waals surface area contributed by atoms with Gasteiger partial charge in [0.15, 0.2) is 0 Å². The van der Waals surface area contributed by atoms with E-state index in [0.29, 0.717) is 6.04 Å². The number of nitrogens with zero attached hydrogens (tertiary/aromatic N) is 2. The fraction of sp³-hybridized carbons (Fsp3) is 0.500. The lowest BCUT2D eigenvalue weighted by molar-refractivity contribution is 0.180. The smallest absolute Gasteiger partial charge is 0.0346 e. The minimum atomic E-state index is 0.635. The van der Waals surface area contributed by atoms with Crippen LogP contribution in [0.1, 0.15) is 25.8 Å². The van der Waals surface area contributed by atoms with Gasteiger partial charge in [-0.25, -0.2) is 0 Å². The van der Waals surface area contributed by atoms with Crippen LogP contribution in [0.2, 0.25) is 0 Å². The molecule has 112 valence electrons. The number of nitrogens with one attached hydrogen (secondary N) is 1. The molecule has 0 saturated carbocycles. The van der Waals surface area contributed by atoms with E-state index in [1.165, 1.54) is 22.8 Å². The van der Waals surface area contributed by atoms with Gasteiger partial charge in [-0.3, -0.25) is 9.88 Å². The third-order valence-corrected chi connectivity index (χ3v) is 4.26. The van der Waals surface area contributed by atoms with Crippen LogP contribution in [0.15, 0.2) is 36.7 Å². The van der Waals surface area contributed by atoms with Crippen LogP contribution in [-0.4, -0.2) is 35.6 Å². The molecule has 2 aromatic rings. The number of pyridine rings is 1. The van der Waals surface area contributed by atoms with Gasteiger partial charge in [0.25, 0.3) is 0 Å². The number of hydrogen-bond donors (Lipinski definition) is 1. The first-order valence-electron chi connectivity index (χ1n) is 8.00. The van der Waals surface area contributed by atoms with Crippen molar-refractivity contribution in [2.45, 2.75) is 32.9 Å². The first-order valence-corrected chi connectivity index (χ1v) is 8.00. The number of benzene rings is 1. The molecule has 1 N–H and O–H groups in total. The lowest BCUT2D eigenvalue weighted by Gasteiger charge is -2.34. The quantitative estimate of drug-likeness (QED) is 0.935. The normalized spacial score (nSPS) is 20.2. The molecular weight excluding hydrogens is 258 g/mol. The Labute approximate surface area is 127 Å². The summed E-state index contributed by atoms with van der Waals surface area (Å²) >= 11 is 0. The molecule has 3 heteroatoms. The maximum atomic E-state index is 4.22. The van der Waals surface area contributed by atoms with Crippen LogP contribution in [0.4, 0.5) is 0 Å². The van der Waals surface area contributed by atoms with E-state index in [-0.39, 0.29) is 0 Å². The highest BCUT2D eigenvalue weighted by molar-refractivity contribution is 5.84. The van der Waals surface area contributed by atoms with Crippen molar-refractivity contribution in [3.05, 3.63) is 42.2 Å². The van der Waals surface area contributed by atoms with Gasteiger partial charge in [-0.15, -0.1) is 0 Å². The number of hydrogen-bond acceptors (Lipinski definition) is 3. The van der Waals surface area contributed by atoms with Gasteiger partial charge in [0.05, 0.1) is 0 Å². The summed E-state index contributed by atoms with van der Waals surface area (Å²) in [6.45, 7) is 9.04. The van der Waals surface area contributed by atoms with Crippen LogP contribution in [-0.2, 0) is 6.54 Å². The highest BCUT2D eigenvalue weighted by Crippen LogP contribution is 2.20. The minimum Gasteiger partial charge on any atom is -0.311 e. The largest absolute Gasteiger partial charge is 0.311 e. The molecule has 1 fully saturated rings. The molecule has 1 atom stereocenters. The maximum absolute atomic E-state index is 4.22. The molecule has 1 saturated heterocycles. The Balaban J connectivity index is 1.73. The van der Waals surface area contributed by atoms with Gasteiger partial charge in [-0.1, -0.05) is 32.0 Å². The summed E-state index contributed by atoms with van der Waals surface area (Å²) in [5.41, 5.74) is 1.42. The summed E-state index contributed by atoms with van der Waals surface area (Å²) in [5.74, 6) is 0.756. The van der Waals surface area contributed by atoms with Gasteiger partial charge in [0.2, 0.25) is 0 Å². The molecule has 2 heterocycles. The molecule has 1 aliphatic rings. The second-order valence-electron chi connectivity index (χ2n) is 6.53. The predicted molar refractivity (Wildman–Crippen MR) is 88.3 cm³/mol. The van der Waals surface area contributed by atoms with Crippen molar-refractivity contribution >= 4 is 10.8 Å². The van der Waals surface area contributed by atoms with E-state index >= 15 is 0 Å². The Bertz CT molecular complexity index is 589. The van der Waals surface area contributed by atoms with Crippen molar-refractivity contribution in [3.63, 3.8) is 0 Å². The highest BCUT2D eigenvalue weighted by atomic mass is 15.2. The van der Waals surface area contributed by atoms with Crippen molar-refractivity contribution in [1.82, 2.24) is 15.2 Å². The third kappa shape index (κ3) is 3.60. The number of aromatic nitrogens is 1. The molecule has 3 nitrogen and oxygen atoms in total. The first kappa shape index (κ1) is 14.5. The molecule has 21 heavy (non-hydrogen) atoms. The summed E-state index contributed by atoms with van der Waals surface area (Å²) in [4.78, 5) is 6.80. The Hall–Kier alpha value is -1.45. The zero-order valence-electron chi connectivity index (χ0n) is 13.0. The number of fused-ring (bicyclic) bond motifs is 1. The Morgan fingerprint density at radius 3 is 3.10 bits per heavy atom. The molecule has 0 bridgehead atoms. The van der Waals surface area contributed by atoms with Crippen molar-refractivity contribution < 1.29 is 0 Å². The molecule has 0 spiro atoms. The summed E-state index contributed by atoms with van der Waals surface area (Å²) in [5, 5.41) is 6.23. The van der Waals surface area contributed by atoms with E-state index in [0.717, 1.165) is 32.1 Å². The van der Waals surface area contributed by atoms with E-state index in [4.69, 9.17) is 0 Å². The van der Waals surface area contributed by atoms with Gasteiger partial charge in [0, 0.05) is 50.0 Å². The van der Waals surface area contributed by atoms with E-state index in [2.05, 4.69) is 53.3 Å². The second kappa shape index (κ2) is 6.54. The molecule has 0 aliphatic carbocycles. The lowest BCUT2D eigenvalue weighted by Crippen LogP contribution is -2.50. The van der Waals surface area contributed by atoms with Gasteiger partial charge in [-0.05, 0) is 29.4 Å². The van der Waals surface area contributed by atoms with Gasteiger partial charge in [-0.2, -0.15) is 0 Å². The molecule has 0 amide bonds. The number of piperazine rings is 1. The van der Waals surface area contributed by atoms with Crippen molar-refractivity contribution in [2.24, 2.45) is 5.92 Å². The van der Waals surface area contributed by atoms with Crippen LogP contribution in [0.5, 0.6) is 0 Å². The van der Waals surface area contributed by atoms with E-state index in [1.54, 1.807) is 0 Å². The van der Waals surface area contributed by atoms with Gasteiger partial charge >= 0.3 is 0 Å². The molecule has 3 rings (SSSR count). The molecule has 1 aromatic carbocycles. The van der Waals surface area contributed by atoms with Crippen LogP contribution in [0, 0.1) is 5.92 Å². The summed E-state index contributed by atoms with van der Waals surface area (Å²) in [7, 11) is 0. The molecular formula is C18H25N3. The topological polar surface area (TPSA) is 28.2 Å². The molecule has 1 unspecified atom stereocenters. The number of rotatable bonds is 4. The molecule has 0 radical (unpaired) electrons. The zero-order chi connectivity index (χ0) is 14.7. The minimum absolute atomic E-state index is 0.635. The summed E-state index contributed by atoms with van der Waals surface area (Å²) in [6.07, 6.45) is 5.11. The van der Waals surface area contributed by atoms with E-state index in [9.17, 15) is 0 Å². The van der Waals surface area contributed by atoms with Gasteiger partial charge < -0.3 is 5.32 Å². The molecule has 1 aliphatic heterocycles. The maximum Gasteiger partial charge on any atom is 0.0346 e. The van der Waals surface area contributed by atoms with Crippen molar-refractivity contribution in [2.75, 3.05) is 19.6 Å². The van der Waals surface area contributed by atoms with Crippen LogP contribution < -0.4 is 5.32 Å². The van der Waals surface area contributed by atoms with Crippen molar-refractivity contribution in [1.29, 1.82) is 0 Å². The molecule has 1 aromatic heterocycles. The van der Waals surface area contributed by atoms with Crippen LogP contribution >= 0.6 is 0 Å². The Kier molecular flexibility index (Phi) is 4.51. The Morgan fingerprint density at radius 2 is 2.24 bits per heavy atom. The average molecular weight is 283 g/mol. The zero-order valence-corrected chi connectivity index (χ0v) is 13.0. The van der Waals surface area contributed by atoms with Crippen LogP contribution in [0.25, 0.3) is 10.8 Å². The monoisotopic (exact) mass is 283 g/mol. The first-order chi connectivity index (χ1) is 10.2. The fourth-order valence-corrected chi connectivity index (χ4v) is 3.33. The highest BCUT2D eigenvalue weighted by Gasteiger charge is 2.20. The third-order valence-electron chi connectivity index (χ3n) is 4.26. The standard InChI is InChI=1S/C18H25N3/c1-14(2)10-17-13-21(9-8-20-17)12-16-5-3-4-15-11-19-7-6-18(15)16/h3-7,11,14,17,20H,8-10,12-13H2,1-2H3. The second-order valence-corrected chi connectivity index (χ2v) is 6.53.